The maximum Gasteiger partial charge on any atom is 0.410 e. The molecular weight excluding hydrogens is 352 g/mol. The number of hydrogen-bond donors (Lipinski definition) is 3. The van der Waals surface area contributed by atoms with E-state index in [1.54, 1.807) is 0 Å². The smallest absolute Gasteiger partial charge is 0.410 e. The summed E-state index contributed by atoms with van der Waals surface area (Å²) in [5.41, 5.74) is -0.495. The SMILES string of the molecule is O=C(O)C1CCCN(C(=O)O)C1(O)C(=O)N1CC=C(c2ccccc2)CC1. The van der Waals surface area contributed by atoms with Gasteiger partial charge < -0.3 is 20.2 Å². The molecule has 1 fully saturated rings. The lowest BCUT2D eigenvalue weighted by molar-refractivity contribution is -0.198. The number of nitrogens with zero attached hydrogens (tertiary/aromatic N) is 2. The number of aliphatic hydroxyl groups is 1. The number of benzene rings is 1. The number of amides is 2. The minimum Gasteiger partial charge on any atom is -0.481 e. The average molecular weight is 374 g/mol. The molecule has 0 aliphatic carbocycles. The number of carbonyl (C=O) groups is 3. The summed E-state index contributed by atoms with van der Waals surface area (Å²) < 4.78 is 0. The molecule has 144 valence electrons. The molecule has 0 bridgehead atoms. The van der Waals surface area contributed by atoms with Crippen molar-refractivity contribution in [3.63, 3.8) is 0 Å². The van der Waals surface area contributed by atoms with E-state index in [4.69, 9.17) is 0 Å². The molecule has 0 radical (unpaired) electrons. The molecule has 1 aromatic carbocycles. The summed E-state index contributed by atoms with van der Waals surface area (Å²) in [6, 6.07) is 9.67. The molecule has 2 aliphatic rings. The van der Waals surface area contributed by atoms with Gasteiger partial charge in [-0.25, -0.2) is 4.79 Å². The number of rotatable bonds is 3. The molecule has 2 amide bonds. The first-order valence-corrected chi connectivity index (χ1v) is 8.85. The van der Waals surface area contributed by atoms with Crippen LogP contribution in [0.1, 0.15) is 24.8 Å². The molecule has 3 rings (SSSR count). The van der Waals surface area contributed by atoms with Crippen molar-refractivity contribution in [2.75, 3.05) is 19.6 Å². The summed E-state index contributed by atoms with van der Waals surface area (Å²) >= 11 is 0. The van der Waals surface area contributed by atoms with Gasteiger partial charge in [-0.1, -0.05) is 36.4 Å². The monoisotopic (exact) mass is 374 g/mol. The Morgan fingerprint density at radius 1 is 1.07 bits per heavy atom. The molecule has 2 atom stereocenters. The average Bonchev–Trinajstić information content (AvgIpc) is 2.67. The Kier molecular flexibility index (Phi) is 5.18. The number of piperidine rings is 1. The first-order chi connectivity index (χ1) is 12.9. The van der Waals surface area contributed by atoms with E-state index in [0.29, 0.717) is 11.3 Å². The lowest BCUT2D eigenvalue weighted by atomic mass is 9.84. The molecule has 2 aliphatic heterocycles. The molecule has 2 unspecified atom stereocenters. The third-order valence-corrected chi connectivity index (χ3v) is 5.26. The summed E-state index contributed by atoms with van der Waals surface area (Å²) in [6.45, 7) is 0.382. The van der Waals surface area contributed by atoms with Gasteiger partial charge in [-0.05, 0) is 30.4 Å². The van der Waals surface area contributed by atoms with Crippen molar-refractivity contribution in [1.82, 2.24) is 9.80 Å². The van der Waals surface area contributed by atoms with Crippen molar-refractivity contribution in [3.05, 3.63) is 42.0 Å². The predicted octanol–water partition coefficient (Wildman–Crippen LogP) is 1.47. The highest BCUT2D eigenvalue weighted by molar-refractivity contribution is 5.93. The fraction of sp³-hybridized carbons (Fsp3) is 0.421. The van der Waals surface area contributed by atoms with Gasteiger partial charge in [-0.2, -0.15) is 0 Å². The van der Waals surface area contributed by atoms with Crippen LogP contribution < -0.4 is 0 Å². The van der Waals surface area contributed by atoms with Gasteiger partial charge in [0.2, 0.25) is 5.72 Å². The molecule has 3 N–H and O–H groups in total. The van der Waals surface area contributed by atoms with Crippen molar-refractivity contribution >= 4 is 23.5 Å². The normalized spacial score (nSPS) is 25.7. The van der Waals surface area contributed by atoms with E-state index in [2.05, 4.69) is 0 Å². The fourth-order valence-electron chi connectivity index (χ4n) is 3.82. The number of aliphatic carboxylic acids is 1. The van der Waals surface area contributed by atoms with Gasteiger partial charge >= 0.3 is 12.1 Å². The zero-order chi connectivity index (χ0) is 19.6. The zero-order valence-corrected chi connectivity index (χ0v) is 14.7. The number of carbonyl (C=O) groups excluding carboxylic acids is 1. The van der Waals surface area contributed by atoms with Crippen LogP contribution in [0.15, 0.2) is 36.4 Å². The molecule has 1 saturated heterocycles. The zero-order valence-electron chi connectivity index (χ0n) is 14.7. The van der Waals surface area contributed by atoms with Crippen LogP contribution in [-0.4, -0.2) is 68.4 Å². The molecule has 8 heteroatoms. The quantitative estimate of drug-likeness (QED) is 0.737. The van der Waals surface area contributed by atoms with Crippen LogP contribution in [-0.2, 0) is 9.59 Å². The van der Waals surface area contributed by atoms with E-state index in [9.17, 15) is 29.7 Å². The summed E-state index contributed by atoms with van der Waals surface area (Å²) in [7, 11) is 0. The second-order valence-corrected chi connectivity index (χ2v) is 6.79. The number of carboxylic acid groups (broad SMARTS) is 2. The molecule has 8 nitrogen and oxygen atoms in total. The third kappa shape index (κ3) is 3.40. The van der Waals surface area contributed by atoms with Crippen molar-refractivity contribution in [3.8, 4) is 0 Å². The number of likely N-dealkylation sites (tertiary alicyclic amines) is 1. The van der Waals surface area contributed by atoms with Crippen LogP contribution in [0.5, 0.6) is 0 Å². The summed E-state index contributed by atoms with van der Waals surface area (Å²) in [4.78, 5) is 38.1. The van der Waals surface area contributed by atoms with E-state index in [1.807, 2.05) is 36.4 Å². The molecule has 0 saturated carbocycles. The Morgan fingerprint density at radius 3 is 2.33 bits per heavy atom. The molecule has 0 aromatic heterocycles. The topological polar surface area (TPSA) is 118 Å². The number of carboxylic acids is 1. The Hall–Kier alpha value is -2.87. The van der Waals surface area contributed by atoms with Crippen LogP contribution in [0.3, 0.4) is 0 Å². The largest absolute Gasteiger partial charge is 0.481 e. The first-order valence-electron chi connectivity index (χ1n) is 8.85. The third-order valence-electron chi connectivity index (χ3n) is 5.26. The standard InChI is InChI=1S/C19H22N2O6/c22-16(23)15-7-4-10-21(18(25)26)19(15,27)17(24)20-11-8-14(9-12-20)13-5-2-1-3-6-13/h1-3,5-6,8,15,27H,4,7,9-12H2,(H,22,23)(H,25,26). The minimum atomic E-state index is -2.59. The highest BCUT2D eigenvalue weighted by Gasteiger charge is 2.57. The van der Waals surface area contributed by atoms with Crippen molar-refractivity contribution in [2.24, 2.45) is 5.92 Å². The van der Waals surface area contributed by atoms with Gasteiger partial charge in [0.05, 0.1) is 0 Å². The van der Waals surface area contributed by atoms with Crippen molar-refractivity contribution in [1.29, 1.82) is 0 Å². The second-order valence-electron chi connectivity index (χ2n) is 6.79. The maximum atomic E-state index is 13.0. The van der Waals surface area contributed by atoms with Gasteiger partial charge in [0.25, 0.3) is 5.91 Å². The summed E-state index contributed by atoms with van der Waals surface area (Å²) in [5, 5.41) is 29.8. The van der Waals surface area contributed by atoms with E-state index >= 15 is 0 Å². The van der Waals surface area contributed by atoms with Crippen LogP contribution in [0.25, 0.3) is 5.57 Å². The Morgan fingerprint density at radius 2 is 1.78 bits per heavy atom. The Labute approximate surface area is 156 Å². The number of hydrogen-bond acceptors (Lipinski definition) is 4. The van der Waals surface area contributed by atoms with Gasteiger partial charge in [0, 0.05) is 19.6 Å². The second kappa shape index (κ2) is 7.40. The van der Waals surface area contributed by atoms with Crippen LogP contribution in [0.2, 0.25) is 0 Å². The molecule has 2 heterocycles. The summed E-state index contributed by atoms with van der Waals surface area (Å²) in [6.07, 6.45) is 1.20. The minimum absolute atomic E-state index is 0.0420. The summed E-state index contributed by atoms with van der Waals surface area (Å²) in [5.74, 6) is -3.75. The van der Waals surface area contributed by atoms with E-state index in [1.165, 1.54) is 4.90 Å². The van der Waals surface area contributed by atoms with E-state index < -0.39 is 29.6 Å². The molecule has 0 spiro atoms. The molecule has 27 heavy (non-hydrogen) atoms. The highest BCUT2D eigenvalue weighted by Crippen LogP contribution is 2.35. The fourth-order valence-corrected chi connectivity index (χ4v) is 3.82. The van der Waals surface area contributed by atoms with Crippen LogP contribution in [0.4, 0.5) is 4.79 Å². The van der Waals surface area contributed by atoms with Gasteiger partial charge in [-0.3, -0.25) is 14.5 Å². The van der Waals surface area contributed by atoms with Crippen LogP contribution >= 0.6 is 0 Å². The maximum absolute atomic E-state index is 13.0. The van der Waals surface area contributed by atoms with E-state index in [-0.39, 0.29) is 32.5 Å². The molecular formula is C19H22N2O6. The Bertz CT molecular complexity index is 754. The Balaban J connectivity index is 1.85. The van der Waals surface area contributed by atoms with Gasteiger partial charge in [0.15, 0.2) is 0 Å². The van der Waals surface area contributed by atoms with Gasteiger partial charge in [-0.15, -0.1) is 0 Å². The predicted molar refractivity (Wildman–Crippen MR) is 95.7 cm³/mol. The van der Waals surface area contributed by atoms with E-state index in [0.717, 1.165) is 11.1 Å². The van der Waals surface area contributed by atoms with Crippen molar-refractivity contribution in [2.45, 2.75) is 25.0 Å². The van der Waals surface area contributed by atoms with Crippen molar-refractivity contribution < 1.29 is 29.7 Å². The highest BCUT2D eigenvalue weighted by atomic mass is 16.4. The van der Waals surface area contributed by atoms with Crippen LogP contribution in [0, 0.1) is 5.92 Å². The lowest BCUT2D eigenvalue weighted by Crippen LogP contribution is -2.68. The first kappa shape index (κ1) is 18.9. The molecule has 1 aromatic rings. The van der Waals surface area contributed by atoms with Gasteiger partial charge in [0.1, 0.15) is 5.92 Å². The lowest BCUT2D eigenvalue weighted by Gasteiger charge is -2.46.